The van der Waals surface area contributed by atoms with E-state index >= 15 is 0 Å². The number of hydrogen-bond donors (Lipinski definition) is 1. The highest BCUT2D eigenvalue weighted by atomic mass is 16.5. The first-order valence-electron chi connectivity index (χ1n) is 5.92. The molecule has 0 aliphatic rings. The van der Waals surface area contributed by atoms with Crippen LogP contribution in [-0.4, -0.2) is 29.3 Å². The minimum atomic E-state index is -0.998. The second kappa shape index (κ2) is 5.64. The number of para-hydroxylation sites is 1. The van der Waals surface area contributed by atoms with Crippen LogP contribution in [0.4, 0.5) is 0 Å². The minimum Gasteiger partial charge on any atom is -0.478 e. The van der Waals surface area contributed by atoms with Gasteiger partial charge in [0.05, 0.1) is 12.2 Å². The van der Waals surface area contributed by atoms with E-state index in [-0.39, 0.29) is 5.56 Å². The van der Waals surface area contributed by atoms with Crippen molar-refractivity contribution < 1.29 is 19.1 Å². The van der Waals surface area contributed by atoms with Crippen LogP contribution < -0.4 is 0 Å². The Morgan fingerprint density at radius 1 is 1.44 bits per heavy atom. The summed E-state index contributed by atoms with van der Waals surface area (Å²) < 4.78 is 10.8. The van der Waals surface area contributed by atoms with Crippen LogP contribution in [0.3, 0.4) is 0 Å². The Morgan fingerprint density at radius 2 is 2.28 bits per heavy atom. The van der Waals surface area contributed by atoms with Gasteiger partial charge < -0.3 is 14.3 Å². The van der Waals surface area contributed by atoms with Crippen molar-refractivity contribution in [2.45, 2.75) is 19.8 Å². The average Bonchev–Trinajstić information content (AvgIpc) is 2.76. The molecule has 0 radical (unpaired) electrons. The number of aromatic carboxylic acids is 1. The molecule has 0 aliphatic carbocycles. The normalized spacial score (nSPS) is 10.9. The fourth-order valence-corrected chi connectivity index (χ4v) is 1.68. The lowest BCUT2D eigenvalue weighted by molar-refractivity contribution is 0.0699. The molecule has 0 atom stereocenters. The molecule has 0 aliphatic heterocycles. The van der Waals surface area contributed by atoms with Gasteiger partial charge in [0, 0.05) is 13.0 Å². The zero-order valence-corrected chi connectivity index (χ0v) is 10.2. The molecule has 96 valence electrons. The molecule has 0 bridgehead atoms. The van der Waals surface area contributed by atoms with Gasteiger partial charge in [0.25, 0.3) is 0 Å². The summed E-state index contributed by atoms with van der Waals surface area (Å²) in [6, 6.07) is 4.88. The Labute approximate surface area is 104 Å². The maximum absolute atomic E-state index is 11.0. The molecule has 1 aromatic heterocycles. The number of carboxylic acid groups (broad SMARTS) is 1. The van der Waals surface area contributed by atoms with Crippen LogP contribution in [-0.2, 0) is 11.2 Å². The van der Waals surface area contributed by atoms with Gasteiger partial charge in [0.15, 0.2) is 11.5 Å². The summed E-state index contributed by atoms with van der Waals surface area (Å²) in [6.45, 7) is 3.28. The van der Waals surface area contributed by atoms with Gasteiger partial charge in [-0.1, -0.05) is 13.0 Å². The maximum atomic E-state index is 11.0. The van der Waals surface area contributed by atoms with Crippen molar-refractivity contribution in [3.05, 3.63) is 29.7 Å². The van der Waals surface area contributed by atoms with Crippen LogP contribution in [0.25, 0.3) is 11.1 Å². The van der Waals surface area contributed by atoms with E-state index in [4.69, 9.17) is 14.3 Å². The Morgan fingerprint density at radius 3 is 3.00 bits per heavy atom. The second-order valence-electron chi connectivity index (χ2n) is 3.93. The maximum Gasteiger partial charge on any atom is 0.338 e. The molecule has 0 unspecified atom stereocenters. The van der Waals surface area contributed by atoms with Crippen LogP contribution in [0, 0.1) is 0 Å². The van der Waals surface area contributed by atoms with Crippen molar-refractivity contribution in [2.75, 3.05) is 13.2 Å². The quantitative estimate of drug-likeness (QED) is 0.796. The topological polar surface area (TPSA) is 72.6 Å². The predicted molar refractivity (Wildman–Crippen MR) is 65.8 cm³/mol. The van der Waals surface area contributed by atoms with E-state index in [2.05, 4.69) is 4.98 Å². The monoisotopic (exact) mass is 249 g/mol. The van der Waals surface area contributed by atoms with Crippen molar-refractivity contribution >= 4 is 17.1 Å². The van der Waals surface area contributed by atoms with E-state index in [1.807, 2.05) is 6.92 Å². The zero-order chi connectivity index (χ0) is 13.0. The molecule has 0 amide bonds. The summed E-state index contributed by atoms with van der Waals surface area (Å²) in [6.07, 6.45) is 1.52. The molecular formula is C13H15NO4. The van der Waals surface area contributed by atoms with Crippen LogP contribution in [0.15, 0.2) is 22.6 Å². The molecule has 0 spiro atoms. The van der Waals surface area contributed by atoms with Gasteiger partial charge in [-0.25, -0.2) is 9.78 Å². The van der Waals surface area contributed by atoms with Crippen molar-refractivity contribution in [3.63, 3.8) is 0 Å². The fourth-order valence-electron chi connectivity index (χ4n) is 1.68. The number of nitrogens with zero attached hydrogens (tertiary/aromatic N) is 1. The van der Waals surface area contributed by atoms with Crippen LogP contribution in [0.1, 0.15) is 29.6 Å². The lowest BCUT2D eigenvalue weighted by atomic mass is 10.2. The minimum absolute atomic E-state index is 0.164. The van der Waals surface area contributed by atoms with Gasteiger partial charge >= 0.3 is 5.97 Å². The van der Waals surface area contributed by atoms with Crippen molar-refractivity contribution in [1.29, 1.82) is 0 Å². The number of carbonyl (C=O) groups is 1. The van der Waals surface area contributed by atoms with E-state index in [0.29, 0.717) is 36.6 Å². The number of carboxylic acids is 1. The third-order valence-corrected chi connectivity index (χ3v) is 2.50. The Kier molecular flexibility index (Phi) is 3.94. The number of benzene rings is 1. The summed E-state index contributed by atoms with van der Waals surface area (Å²) in [5, 5.41) is 9.03. The van der Waals surface area contributed by atoms with E-state index in [0.717, 1.165) is 6.42 Å². The lowest BCUT2D eigenvalue weighted by Crippen LogP contribution is -2.00. The highest BCUT2D eigenvalue weighted by Crippen LogP contribution is 2.19. The molecule has 2 aromatic rings. The van der Waals surface area contributed by atoms with Gasteiger partial charge in [0.1, 0.15) is 5.52 Å². The number of ether oxygens (including phenoxy) is 1. The van der Waals surface area contributed by atoms with E-state index < -0.39 is 5.97 Å². The fraction of sp³-hybridized carbons (Fsp3) is 0.385. The van der Waals surface area contributed by atoms with E-state index in [1.165, 1.54) is 6.07 Å². The molecule has 1 heterocycles. The standard InChI is InChI=1S/C13H15NO4/c1-2-7-17-8-6-11-14-12-9(13(15)16)4-3-5-10(12)18-11/h3-5H,2,6-8H2,1H3,(H,15,16). The number of oxazole rings is 1. The summed E-state index contributed by atoms with van der Waals surface area (Å²) in [5.74, 6) is -0.488. The molecule has 0 saturated heterocycles. The number of rotatable bonds is 6. The van der Waals surface area contributed by atoms with Crippen molar-refractivity contribution in [2.24, 2.45) is 0 Å². The molecule has 18 heavy (non-hydrogen) atoms. The molecule has 1 aromatic carbocycles. The van der Waals surface area contributed by atoms with Crippen LogP contribution in [0.2, 0.25) is 0 Å². The Balaban J connectivity index is 2.17. The smallest absolute Gasteiger partial charge is 0.338 e. The van der Waals surface area contributed by atoms with Crippen LogP contribution >= 0.6 is 0 Å². The SMILES string of the molecule is CCCOCCc1nc2c(C(=O)O)cccc2o1. The Bertz CT molecular complexity index is 547. The van der Waals surface area contributed by atoms with E-state index in [9.17, 15) is 4.79 Å². The third kappa shape index (κ3) is 2.68. The highest BCUT2D eigenvalue weighted by molar-refractivity contribution is 6.00. The lowest BCUT2D eigenvalue weighted by Gasteiger charge is -1.98. The first-order valence-corrected chi connectivity index (χ1v) is 5.92. The number of fused-ring (bicyclic) bond motifs is 1. The number of aromatic nitrogens is 1. The van der Waals surface area contributed by atoms with Gasteiger partial charge in [-0.15, -0.1) is 0 Å². The average molecular weight is 249 g/mol. The van der Waals surface area contributed by atoms with Crippen molar-refractivity contribution in [1.82, 2.24) is 4.98 Å². The van der Waals surface area contributed by atoms with Crippen LogP contribution in [0.5, 0.6) is 0 Å². The molecule has 5 heteroatoms. The summed E-state index contributed by atoms with van der Waals surface area (Å²) in [4.78, 5) is 15.2. The van der Waals surface area contributed by atoms with Gasteiger partial charge in [-0.3, -0.25) is 0 Å². The van der Waals surface area contributed by atoms with Crippen molar-refractivity contribution in [3.8, 4) is 0 Å². The first-order chi connectivity index (χ1) is 8.72. The molecule has 0 saturated carbocycles. The second-order valence-corrected chi connectivity index (χ2v) is 3.93. The summed E-state index contributed by atoms with van der Waals surface area (Å²) >= 11 is 0. The molecule has 5 nitrogen and oxygen atoms in total. The summed E-state index contributed by atoms with van der Waals surface area (Å²) in [5.41, 5.74) is 1.06. The predicted octanol–water partition coefficient (Wildman–Crippen LogP) is 2.50. The largest absolute Gasteiger partial charge is 0.478 e. The molecule has 0 fully saturated rings. The number of hydrogen-bond acceptors (Lipinski definition) is 4. The zero-order valence-electron chi connectivity index (χ0n) is 10.2. The highest BCUT2D eigenvalue weighted by Gasteiger charge is 2.13. The molecule has 1 N–H and O–H groups in total. The van der Waals surface area contributed by atoms with Gasteiger partial charge in [-0.05, 0) is 18.6 Å². The van der Waals surface area contributed by atoms with Gasteiger partial charge in [-0.2, -0.15) is 0 Å². The third-order valence-electron chi connectivity index (χ3n) is 2.50. The molecule has 2 rings (SSSR count). The first kappa shape index (κ1) is 12.6. The molecular weight excluding hydrogens is 234 g/mol. The van der Waals surface area contributed by atoms with E-state index in [1.54, 1.807) is 12.1 Å². The summed E-state index contributed by atoms with van der Waals surface area (Å²) in [7, 11) is 0. The Hall–Kier alpha value is -1.88. The van der Waals surface area contributed by atoms with Gasteiger partial charge in [0.2, 0.25) is 0 Å².